The number of hydrogen-bond donors (Lipinski definition) is 0. The van der Waals surface area contributed by atoms with Crippen LogP contribution in [0.25, 0.3) is 0 Å². The van der Waals surface area contributed by atoms with Crippen molar-refractivity contribution in [3.8, 4) is 34.5 Å². The molecule has 0 saturated carbocycles. The monoisotopic (exact) mass is 506 g/mol. The third kappa shape index (κ3) is 4.84. The van der Waals surface area contributed by atoms with Crippen molar-refractivity contribution in [2.75, 3.05) is 42.7 Å². The molecule has 37 heavy (non-hydrogen) atoms. The highest BCUT2D eigenvalue weighted by Crippen LogP contribution is 2.42. The van der Waals surface area contributed by atoms with E-state index in [0.29, 0.717) is 46.5 Å². The third-order valence-corrected chi connectivity index (χ3v) is 6.24. The van der Waals surface area contributed by atoms with Gasteiger partial charge in [-0.15, -0.1) is 0 Å². The smallest absolute Gasteiger partial charge is 0.274 e. The van der Waals surface area contributed by atoms with Crippen LogP contribution >= 0.6 is 0 Å². The second kappa shape index (κ2) is 11.1. The summed E-state index contributed by atoms with van der Waals surface area (Å²) in [6.07, 6.45) is 0.464. The highest BCUT2D eigenvalue weighted by Gasteiger charge is 2.36. The Labute approximate surface area is 216 Å². The van der Waals surface area contributed by atoms with E-state index in [1.807, 2.05) is 42.5 Å². The number of para-hydroxylation sites is 1. The van der Waals surface area contributed by atoms with E-state index in [0.717, 1.165) is 16.8 Å². The van der Waals surface area contributed by atoms with Crippen molar-refractivity contribution in [1.82, 2.24) is 5.01 Å². The highest BCUT2D eigenvalue weighted by atomic mass is 16.5. The van der Waals surface area contributed by atoms with Crippen molar-refractivity contribution in [3.63, 3.8) is 0 Å². The molecular weight excluding hydrogens is 476 g/mol. The van der Waals surface area contributed by atoms with Crippen molar-refractivity contribution in [1.29, 1.82) is 0 Å². The minimum absolute atomic E-state index is 0.328. The number of ether oxygens (including phenoxy) is 6. The van der Waals surface area contributed by atoms with Crippen LogP contribution in [-0.4, -0.2) is 59.3 Å². The summed E-state index contributed by atoms with van der Waals surface area (Å²) in [6, 6.07) is 16.0. The average Bonchev–Trinajstić information content (AvgIpc) is 3.40. The van der Waals surface area contributed by atoms with E-state index in [1.165, 1.54) is 26.3 Å². The molecule has 0 radical (unpaired) electrons. The number of benzene rings is 3. The normalized spacial score (nSPS) is 14.6. The molecule has 0 N–H and O–H groups in total. The Morgan fingerprint density at radius 3 is 1.95 bits per heavy atom. The van der Waals surface area contributed by atoms with Gasteiger partial charge in [0.1, 0.15) is 5.75 Å². The van der Waals surface area contributed by atoms with Crippen molar-refractivity contribution < 1.29 is 33.2 Å². The lowest BCUT2D eigenvalue weighted by Gasteiger charge is -2.24. The molecule has 1 aliphatic heterocycles. The summed E-state index contributed by atoms with van der Waals surface area (Å²) < 4.78 is 32.8. The van der Waals surface area contributed by atoms with Gasteiger partial charge in [0.05, 0.1) is 54.4 Å². The predicted molar refractivity (Wildman–Crippen MR) is 139 cm³/mol. The number of carbonyl (C=O) groups excluding carboxylic acids is 1. The van der Waals surface area contributed by atoms with Gasteiger partial charge in [0.15, 0.2) is 23.0 Å². The van der Waals surface area contributed by atoms with Gasteiger partial charge in [0.2, 0.25) is 5.75 Å². The van der Waals surface area contributed by atoms with E-state index in [4.69, 9.17) is 33.5 Å². The van der Waals surface area contributed by atoms with Crippen molar-refractivity contribution in [3.05, 3.63) is 71.3 Å². The molecule has 4 rings (SSSR count). The van der Waals surface area contributed by atoms with Gasteiger partial charge in [0.25, 0.3) is 5.91 Å². The standard InChI is InChI=1S/C28H30N2O7/c1-32-22-10-8-7-9-19(22)21-16-20(17-11-12-23(33-2)24(13-17)34-3)29-30(21)28(31)18-14-25(35-4)27(37-6)26(15-18)36-5/h7-15,21H,16H2,1-6H3/t21-/m1/s1. The summed E-state index contributed by atoms with van der Waals surface area (Å²) >= 11 is 0. The molecule has 9 nitrogen and oxygen atoms in total. The van der Waals surface area contributed by atoms with Crippen molar-refractivity contribution >= 4 is 11.6 Å². The van der Waals surface area contributed by atoms with Crippen LogP contribution in [0.15, 0.2) is 59.7 Å². The number of carbonyl (C=O) groups is 1. The van der Waals surface area contributed by atoms with E-state index < -0.39 is 6.04 Å². The number of hydrogen-bond acceptors (Lipinski definition) is 8. The molecule has 3 aromatic rings. The van der Waals surface area contributed by atoms with E-state index in [-0.39, 0.29) is 5.91 Å². The first-order chi connectivity index (χ1) is 18.0. The van der Waals surface area contributed by atoms with Crippen LogP contribution < -0.4 is 28.4 Å². The number of nitrogens with zero attached hydrogens (tertiary/aromatic N) is 2. The van der Waals surface area contributed by atoms with Gasteiger partial charge in [-0.2, -0.15) is 5.10 Å². The lowest BCUT2D eigenvalue weighted by molar-refractivity contribution is 0.0708. The van der Waals surface area contributed by atoms with Crippen LogP contribution in [0.2, 0.25) is 0 Å². The second-order valence-electron chi connectivity index (χ2n) is 8.14. The molecule has 0 aliphatic carbocycles. The zero-order chi connectivity index (χ0) is 26.5. The topological polar surface area (TPSA) is 88.1 Å². The van der Waals surface area contributed by atoms with Gasteiger partial charge < -0.3 is 28.4 Å². The minimum atomic E-state index is -0.411. The maximum absolute atomic E-state index is 13.9. The molecule has 1 aliphatic rings. The Morgan fingerprint density at radius 1 is 0.730 bits per heavy atom. The lowest BCUT2D eigenvalue weighted by atomic mass is 9.97. The fourth-order valence-corrected chi connectivity index (χ4v) is 4.41. The number of amides is 1. The van der Waals surface area contributed by atoms with E-state index in [9.17, 15) is 4.79 Å². The van der Waals surface area contributed by atoms with E-state index in [1.54, 1.807) is 33.5 Å². The van der Waals surface area contributed by atoms with Crippen LogP contribution in [0.3, 0.4) is 0 Å². The lowest BCUT2D eigenvalue weighted by Crippen LogP contribution is -2.27. The summed E-state index contributed by atoms with van der Waals surface area (Å²) in [5.41, 5.74) is 2.71. The third-order valence-electron chi connectivity index (χ3n) is 6.24. The largest absolute Gasteiger partial charge is 0.496 e. The summed E-state index contributed by atoms with van der Waals surface area (Å²) in [7, 11) is 9.30. The Morgan fingerprint density at radius 2 is 1.35 bits per heavy atom. The summed E-state index contributed by atoms with van der Waals surface area (Å²) in [6.45, 7) is 0. The summed E-state index contributed by atoms with van der Waals surface area (Å²) in [5.74, 6) is 2.68. The summed E-state index contributed by atoms with van der Waals surface area (Å²) in [5, 5.41) is 6.26. The van der Waals surface area contributed by atoms with Gasteiger partial charge >= 0.3 is 0 Å². The molecule has 0 bridgehead atoms. The maximum atomic E-state index is 13.9. The van der Waals surface area contributed by atoms with E-state index >= 15 is 0 Å². The van der Waals surface area contributed by atoms with Crippen molar-refractivity contribution in [2.45, 2.75) is 12.5 Å². The molecule has 0 spiro atoms. The maximum Gasteiger partial charge on any atom is 0.274 e. The SMILES string of the molecule is COc1ccc(C2=NN(C(=O)c3cc(OC)c(OC)c(OC)c3)[C@@H](c3ccccc3OC)C2)cc1OC. The quantitative estimate of drug-likeness (QED) is 0.415. The fourth-order valence-electron chi connectivity index (χ4n) is 4.41. The molecule has 0 fully saturated rings. The van der Waals surface area contributed by atoms with Gasteiger partial charge in [0, 0.05) is 23.1 Å². The molecule has 1 heterocycles. The Balaban J connectivity index is 1.82. The molecule has 0 saturated heterocycles. The van der Waals surface area contributed by atoms with Crippen molar-refractivity contribution in [2.24, 2.45) is 5.10 Å². The molecule has 9 heteroatoms. The van der Waals surface area contributed by atoms with Crippen LogP contribution in [-0.2, 0) is 0 Å². The Hall–Kier alpha value is -4.40. The zero-order valence-electron chi connectivity index (χ0n) is 21.7. The van der Waals surface area contributed by atoms with Crippen LogP contribution in [0, 0.1) is 0 Å². The fraction of sp³-hybridized carbons (Fsp3) is 0.286. The number of methoxy groups -OCH3 is 6. The minimum Gasteiger partial charge on any atom is -0.496 e. The highest BCUT2D eigenvalue weighted by molar-refractivity contribution is 6.05. The summed E-state index contributed by atoms with van der Waals surface area (Å²) in [4.78, 5) is 13.9. The molecule has 1 amide bonds. The first kappa shape index (κ1) is 25.7. The molecule has 3 aromatic carbocycles. The molecular formula is C28H30N2O7. The Bertz CT molecular complexity index is 1300. The van der Waals surface area contributed by atoms with E-state index in [2.05, 4.69) is 0 Å². The zero-order valence-corrected chi connectivity index (χ0v) is 21.7. The average molecular weight is 507 g/mol. The van der Waals surface area contributed by atoms with Crippen LogP contribution in [0.5, 0.6) is 34.5 Å². The van der Waals surface area contributed by atoms with Crippen LogP contribution in [0.4, 0.5) is 0 Å². The molecule has 0 aromatic heterocycles. The molecule has 0 unspecified atom stereocenters. The van der Waals surface area contributed by atoms with Gasteiger partial charge in [-0.25, -0.2) is 5.01 Å². The van der Waals surface area contributed by atoms with Gasteiger partial charge in [-0.05, 0) is 36.4 Å². The second-order valence-corrected chi connectivity index (χ2v) is 8.14. The number of rotatable bonds is 9. The first-order valence-corrected chi connectivity index (χ1v) is 11.6. The van der Waals surface area contributed by atoms with Gasteiger partial charge in [-0.3, -0.25) is 4.79 Å². The number of hydrazone groups is 1. The predicted octanol–water partition coefficient (Wildman–Crippen LogP) is 4.73. The van der Waals surface area contributed by atoms with Crippen LogP contribution in [0.1, 0.15) is 33.9 Å². The van der Waals surface area contributed by atoms with Gasteiger partial charge in [-0.1, -0.05) is 18.2 Å². The molecule has 1 atom stereocenters. The Kier molecular flexibility index (Phi) is 7.71. The molecule has 194 valence electrons. The first-order valence-electron chi connectivity index (χ1n) is 11.6.